The molecule has 1 fully saturated rings. The van der Waals surface area contributed by atoms with Crippen LogP contribution in [0, 0.1) is 5.82 Å². The molecule has 0 spiro atoms. The highest BCUT2D eigenvalue weighted by Crippen LogP contribution is 2.23. The standard InChI is InChI=1S/C18H25FN4/c1-2-15(13-22-12-9-20-14-22)21-16-7-10-23(11-8-16)18-6-4-3-5-17(18)19/h3-6,9,12,14-16,21H,2,7-8,10-11,13H2,1H3/t15-/m1/s1. The first-order valence-electron chi connectivity index (χ1n) is 8.47. The van der Waals surface area contributed by atoms with Gasteiger partial charge in [-0.2, -0.15) is 0 Å². The Morgan fingerprint density at radius 2 is 2.09 bits per heavy atom. The zero-order valence-electron chi connectivity index (χ0n) is 13.7. The molecule has 1 aromatic heterocycles. The predicted octanol–water partition coefficient (Wildman–Crippen LogP) is 3.06. The van der Waals surface area contributed by atoms with Gasteiger partial charge in [-0.1, -0.05) is 19.1 Å². The van der Waals surface area contributed by atoms with E-state index < -0.39 is 0 Å². The van der Waals surface area contributed by atoms with Gasteiger partial charge in [0.15, 0.2) is 0 Å². The molecule has 0 bridgehead atoms. The Balaban J connectivity index is 1.51. The van der Waals surface area contributed by atoms with E-state index in [-0.39, 0.29) is 5.82 Å². The summed E-state index contributed by atoms with van der Waals surface area (Å²) in [5, 5.41) is 3.76. The number of rotatable bonds is 6. The number of nitrogens with one attached hydrogen (secondary N) is 1. The van der Waals surface area contributed by atoms with E-state index in [1.165, 1.54) is 6.07 Å². The van der Waals surface area contributed by atoms with Crippen LogP contribution in [-0.4, -0.2) is 34.7 Å². The first-order chi connectivity index (χ1) is 11.3. The third-order valence-corrected chi connectivity index (χ3v) is 4.64. The van der Waals surface area contributed by atoms with Crippen molar-refractivity contribution in [2.24, 2.45) is 0 Å². The number of hydrogen-bond donors (Lipinski definition) is 1. The Labute approximate surface area is 137 Å². The van der Waals surface area contributed by atoms with E-state index in [1.54, 1.807) is 6.07 Å². The maximum absolute atomic E-state index is 13.9. The van der Waals surface area contributed by atoms with Gasteiger partial charge >= 0.3 is 0 Å². The highest BCUT2D eigenvalue weighted by Gasteiger charge is 2.22. The minimum absolute atomic E-state index is 0.120. The molecule has 124 valence electrons. The maximum Gasteiger partial charge on any atom is 0.146 e. The Kier molecular flexibility index (Phi) is 5.28. The van der Waals surface area contributed by atoms with Crippen molar-refractivity contribution in [3.8, 4) is 0 Å². The lowest BCUT2D eigenvalue weighted by Crippen LogP contribution is -2.47. The van der Waals surface area contributed by atoms with Gasteiger partial charge in [0.25, 0.3) is 0 Å². The molecule has 1 N–H and O–H groups in total. The van der Waals surface area contributed by atoms with Crippen LogP contribution in [0.5, 0.6) is 0 Å². The van der Waals surface area contributed by atoms with E-state index in [0.717, 1.165) is 44.6 Å². The van der Waals surface area contributed by atoms with Gasteiger partial charge in [0, 0.05) is 44.1 Å². The average Bonchev–Trinajstić information content (AvgIpc) is 3.08. The largest absolute Gasteiger partial charge is 0.369 e. The molecule has 4 nitrogen and oxygen atoms in total. The zero-order valence-corrected chi connectivity index (χ0v) is 13.7. The Hall–Kier alpha value is -1.88. The highest BCUT2D eigenvalue weighted by atomic mass is 19.1. The molecule has 0 radical (unpaired) electrons. The summed E-state index contributed by atoms with van der Waals surface area (Å²) in [6, 6.07) is 8.02. The fourth-order valence-electron chi connectivity index (χ4n) is 3.28. The van der Waals surface area contributed by atoms with E-state index in [0.29, 0.717) is 12.1 Å². The second kappa shape index (κ2) is 7.59. The molecule has 23 heavy (non-hydrogen) atoms. The highest BCUT2D eigenvalue weighted by molar-refractivity contribution is 5.47. The van der Waals surface area contributed by atoms with E-state index in [1.807, 2.05) is 30.9 Å². The fourth-order valence-corrected chi connectivity index (χ4v) is 3.28. The Morgan fingerprint density at radius 3 is 2.74 bits per heavy atom. The third kappa shape index (κ3) is 4.10. The summed E-state index contributed by atoms with van der Waals surface area (Å²) < 4.78 is 16.0. The van der Waals surface area contributed by atoms with Gasteiger partial charge in [0.1, 0.15) is 5.82 Å². The van der Waals surface area contributed by atoms with Gasteiger partial charge in [-0.3, -0.25) is 0 Å². The van der Waals surface area contributed by atoms with Crippen LogP contribution < -0.4 is 10.2 Å². The first kappa shape index (κ1) is 16.0. The quantitative estimate of drug-likeness (QED) is 0.889. The lowest BCUT2D eigenvalue weighted by molar-refractivity contribution is 0.335. The van der Waals surface area contributed by atoms with Crippen molar-refractivity contribution in [1.82, 2.24) is 14.9 Å². The predicted molar refractivity (Wildman–Crippen MR) is 91.1 cm³/mol. The van der Waals surface area contributed by atoms with Gasteiger partial charge < -0.3 is 14.8 Å². The molecule has 2 heterocycles. The van der Waals surface area contributed by atoms with Crippen LogP contribution in [0.25, 0.3) is 0 Å². The van der Waals surface area contributed by atoms with Crippen LogP contribution in [0.1, 0.15) is 26.2 Å². The number of halogens is 1. The molecular weight excluding hydrogens is 291 g/mol. The first-order valence-corrected chi connectivity index (χ1v) is 8.47. The summed E-state index contributed by atoms with van der Waals surface area (Å²) in [4.78, 5) is 6.26. The number of nitrogens with zero attached hydrogens (tertiary/aromatic N) is 3. The summed E-state index contributed by atoms with van der Waals surface area (Å²) in [6.07, 6.45) is 8.88. The van der Waals surface area contributed by atoms with Gasteiger partial charge in [0.05, 0.1) is 12.0 Å². The Morgan fingerprint density at radius 1 is 1.30 bits per heavy atom. The van der Waals surface area contributed by atoms with E-state index in [4.69, 9.17) is 0 Å². The van der Waals surface area contributed by atoms with Crippen molar-refractivity contribution >= 4 is 5.69 Å². The molecule has 0 amide bonds. The van der Waals surface area contributed by atoms with Crippen LogP contribution >= 0.6 is 0 Å². The summed E-state index contributed by atoms with van der Waals surface area (Å²) in [5.74, 6) is -0.120. The van der Waals surface area contributed by atoms with E-state index in [9.17, 15) is 4.39 Å². The monoisotopic (exact) mass is 316 g/mol. The molecule has 3 rings (SSSR count). The summed E-state index contributed by atoms with van der Waals surface area (Å²) >= 11 is 0. The number of hydrogen-bond acceptors (Lipinski definition) is 3. The molecule has 1 saturated heterocycles. The second-order valence-electron chi connectivity index (χ2n) is 6.24. The zero-order chi connectivity index (χ0) is 16.1. The normalized spacial score (nSPS) is 17.4. The summed E-state index contributed by atoms with van der Waals surface area (Å²) in [5.41, 5.74) is 0.733. The van der Waals surface area contributed by atoms with Crippen molar-refractivity contribution in [2.45, 2.75) is 44.8 Å². The smallest absolute Gasteiger partial charge is 0.146 e. The minimum atomic E-state index is -0.120. The molecule has 1 aromatic carbocycles. The SMILES string of the molecule is CC[C@H](Cn1ccnc1)NC1CCN(c2ccccc2F)CC1. The van der Waals surface area contributed by atoms with Crippen LogP contribution in [0.2, 0.25) is 0 Å². The van der Waals surface area contributed by atoms with Gasteiger partial charge in [0.2, 0.25) is 0 Å². The third-order valence-electron chi connectivity index (χ3n) is 4.64. The maximum atomic E-state index is 13.9. The van der Waals surface area contributed by atoms with E-state index in [2.05, 4.69) is 26.7 Å². The number of anilines is 1. The number of benzene rings is 1. The Bertz CT molecular complexity index is 591. The molecule has 2 aromatic rings. The van der Waals surface area contributed by atoms with Crippen LogP contribution in [0.4, 0.5) is 10.1 Å². The van der Waals surface area contributed by atoms with Crippen LogP contribution in [-0.2, 0) is 6.54 Å². The fraction of sp³-hybridized carbons (Fsp3) is 0.500. The van der Waals surface area contributed by atoms with Crippen molar-refractivity contribution < 1.29 is 4.39 Å². The van der Waals surface area contributed by atoms with Crippen LogP contribution in [0.3, 0.4) is 0 Å². The molecule has 0 aliphatic carbocycles. The molecule has 1 atom stereocenters. The van der Waals surface area contributed by atoms with Crippen molar-refractivity contribution in [1.29, 1.82) is 0 Å². The lowest BCUT2D eigenvalue weighted by Gasteiger charge is -2.36. The van der Waals surface area contributed by atoms with Crippen LogP contribution in [0.15, 0.2) is 43.0 Å². The van der Waals surface area contributed by atoms with Gasteiger partial charge in [-0.25, -0.2) is 9.37 Å². The minimum Gasteiger partial charge on any atom is -0.369 e. The number of aromatic nitrogens is 2. The van der Waals surface area contributed by atoms with Gasteiger partial charge in [-0.15, -0.1) is 0 Å². The lowest BCUT2D eigenvalue weighted by atomic mass is 10.0. The molecule has 5 heteroatoms. The summed E-state index contributed by atoms with van der Waals surface area (Å²) in [7, 11) is 0. The van der Waals surface area contributed by atoms with Gasteiger partial charge in [-0.05, 0) is 31.4 Å². The number of para-hydroxylation sites is 1. The summed E-state index contributed by atoms with van der Waals surface area (Å²) in [6.45, 7) is 4.97. The molecular formula is C18H25FN4. The molecule has 0 unspecified atom stereocenters. The molecule has 1 aliphatic heterocycles. The van der Waals surface area contributed by atoms with Crippen molar-refractivity contribution in [3.63, 3.8) is 0 Å². The van der Waals surface area contributed by atoms with E-state index >= 15 is 0 Å². The number of piperidine rings is 1. The number of imidazole rings is 1. The molecule has 1 aliphatic rings. The molecule has 0 saturated carbocycles. The second-order valence-corrected chi connectivity index (χ2v) is 6.24. The van der Waals surface area contributed by atoms with Crippen molar-refractivity contribution in [3.05, 3.63) is 48.8 Å². The van der Waals surface area contributed by atoms with Crippen molar-refractivity contribution in [2.75, 3.05) is 18.0 Å². The average molecular weight is 316 g/mol. The topological polar surface area (TPSA) is 33.1 Å².